The molecule has 1 aromatic carbocycles. The Morgan fingerprint density at radius 1 is 1.15 bits per heavy atom. The fourth-order valence-electron chi connectivity index (χ4n) is 2.17. The van der Waals surface area contributed by atoms with Crippen LogP contribution in [0.25, 0.3) is 0 Å². The van der Waals surface area contributed by atoms with Crippen LogP contribution >= 0.6 is 0 Å². The molecule has 0 bridgehead atoms. The number of benzene rings is 1. The van der Waals surface area contributed by atoms with Crippen molar-refractivity contribution in [2.24, 2.45) is 5.73 Å². The summed E-state index contributed by atoms with van der Waals surface area (Å²) in [6.07, 6.45) is 3.76. The van der Waals surface area contributed by atoms with Gasteiger partial charge in [-0.3, -0.25) is 4.98 Å². The molecule has 0 saturated carbocycles. The summed E-state index contributed by atoms with van der Waals surface area (Å²) in [5.41, 5.74) is 9.58. The first kappa shape index (κ1) is 14.5. The van der Waals surface area contributed by atoms with E-state index in [0.717, 1.165) is 25.1 Å². The predicted molar refractivity (Wildman–Crippen MR) is 84.9 cm³/mol. The maximum Gasteiger partial charge on any atom is 0.0421 e. The van der Waals surface area contributed by atoms with E-state index in [9.17, 15) is 0 Å². The molecule has 0 aliphatic heterocycles. The Kier molecular flexibility index (Phi) is 5.13. The van der Waals surface area contributed by atoms with Crippen molar-refractivity contribution in [2.45, 2.75) is 25.8 Å². The third-order valence-electron chi connectivity index (χ3n) is 3.63. The fraction of sp³-hybridized carbons (Fsp3) is 0.353. The van der Waals surface area contributed by atoms with Crippen LogP contribution in [0.5, 0.6) is 0 Å². The molecule has 2 N–H and O–H groups in total. The Labute approximate surface area is 121 Å². The number of pyridine rings is 1. The minimum absolute atomic E-state index is 0.142. The summed E-state index contributed by atoms with van der Waals surface area (Å²) in [5.74, 6) is 0. The van der Waals surface area contributed by atoms with Crippen molar-refractivity contribution >= 4 is 5.69 Å². The van der Waals surface area contributed by atoms with Crippen LogP contribution in [-0.2, 0) is 6.42 Å². The number of likely N-dealkylation sites (N-methyl/N-ethyl adjacent to an activating group) is 1. The van der Waals surface area contributed by atoms with Crippen molar-refractivity contribution in [2.75, 3.05) is 18.5 Å². The number of nitrogens with two attached hydrogens (primary N) is 1. The van der Waals surface area contributed by atoms with Gasteiger partial charge in [0.1, 0.15) is 0 Å². The lowest BCUT2D eigenvalue weighted by molar-refractivity contribution is 0.698. The van der Waals surface area contributed by atoms with Gasteiger partial charge in [-0.05, 0) is 36.2 Å². The monoisotopic (exact) mass is 269 g/mol. The first-order valence-electron chi connectivity index (χ1n) is 7.17. The summed E-state index contributed by atoms with van der Waals surface area (Å²) in [7, 11) is 2.11. The Morgan fingerprint density at radius 2 is 1.90 bits per heavy atom. The van der Waals surface area contributed by atoms with Crippen molar-refractivity contribution < 1.29 is 0 Å². The first-order valence-corrected chi connectivity index (χ1v) is 7.17. The quantitative estimate of drug-likeness (QED) is 0.876. The molecule has 20 heavy (non-hydrogen) atoms. The Morgan fingerprint density at radius 3 is 2.50 bits per heavy atom. The highest BCUT2D eigenvalue weighted by atomic mass is 15.1. The standard InChI is InChI=1S/C17H23N3/c1-3-17(18)14-7-9-16(10-8-14)20(2)13-11-15-6-4-5-12-19-15/h4-10,12,17H,3,11,13,18H2,1-2H3/t17-/m1/s1. The molecule has 0 aliphatic carbocycles. The highest BCUT2D eigenvalue weighted by Gasteiger charge is 2.05. The topological polar surface area (TPSA) is 42.1 Å². The third kappa shape index (κ3) is 3.81. The van der Waals surface area contributed by atoms with E-state index in [1.54, 1.807) is 0 Å². The molecule has 0 aliphatic rings. The maximum atomic E-state index is 6.03. The zero-order chi connectivity index (χ0) is 14.4. The van der Waals surface area contributed by atoms with Crippen LogP contribution in [0.1, 0.15) is 30.6 Å². The van der Waals surface area contributed by atoms with Gasteiger partial charge < -0.3 is 10.6 Å². The lowest BCUT2D eigenvalue weighted by Crippen LogP contribution is -2.20. The molecular weight excluding hydrogens is 246 g/mol. The lowest BCUT2D eigenvalue weighted by atomic mass is 10.1. The SMILES string of the molecule is CC[C@@H](N)c1ccc(N(C)CCc2ccccn2)cc1. The number of anilines is 1. The molecule has 0 fully saturated rings. The Bertz CT molecular complexity index is 508. The predicted octanol–water partition coefficient (Wildman–Crippen LogP) is 3.17. The molecule has 2 rings (SSSR count). The van der Waals surface area contributed by atoms with E-state index >= 15 is 0 Å². The molecule has 1 aromatic heterocycles. The zero-order valence-corrected chi connectivity index (χ0v) is 12.3. The summed E-state index contributed by atoms with van der Waals surface area (Å²) >= 11 is 0. The van der Waals surface area contributed by atoms with E-state index in [-0.39, 0.29) is 6.04 Å². The minimum atomic E-state index is 0.142. The number of nitrogens with zero attached hydrogens (tertiary/aromatic N) is 2. The van der Waals surface area contributed by atoms with Gasteiger partial charge in [-0.25, -0.2) is 0 Å². The van der Waals surface area contributed by atoms with Gasteiger partial charge in [-0.15, -0.1) is 0 Å². The minimum Gasteiger partial charge on any atom is -0.374 e. The number of aromatic nitrogens is 1. The molecule has 0 unspecified atom stereocenters. The van der Waals surface area contributed by atoms with E-state index in [4.69, 9.17) is 5.73 Å². The molecule has 0 radical (unpaired) electrons. The second-order valence-electron chi connectivity index (χ2n) is 5.10. The van der Waals surface area contributed by atoms with Crippen molar-refractivity contribution in [3.63, 3.8) is 0 Å². The second kappa shape index (κ2) is 7.06. The molecule has 1 heterocycles. The maximum absolute atomic E-state index is 6.03. The third-order valence-corrected chi connectivity index (χ3v) is 3.63. The smallest absolute Gasteiger partial charge is 0.0421 e. The highest BCUT2D eigenvalue weighted by Crippen LogP contribution is 2.19. The molecule has 0 amide bonds. The normalized spacial score (nSPS) is 12.2. The van der Waals surface area contributed by atoms with E-state index in [2.05, 4.69) is 54.2 Å². The summed E-state index contributed by atoms with van der Waals surface area (Å²) in [5, 5.41) is 0. The first-order chi connectivity index (χ1) is 9.70. The summed E-state index contributed by atoms with van der Waals surface area (Å²) in [6, 6.07) is 14.7. The van der Waals surface area contributed by atoms with Gasteiger partial charge in [-0.2, -0.15) is 0 Å². The summed E-state index contributed by atoms with van der Waals surface area (Å²) in [4.78, 5) is 6.60. The van der Waals surface area contributed by atoms with Crippen LogP contribution in [0.15, 0.2) is 48.7 Å². The van der Waals surface area contributed by atoms with E-state index < -0.39 is 0 Å². The van der Waals surface area contributed by atoms with Gasteiger partial charge in [-0.1, -0.05) is 25.1 Å². The van der Waals surface area contributed by atoms with E-state index in [1.165, 1.54) is 11.3 Å². The van der Waals surface area contributed by atoms with Gasteiger partial charge in [0, 0.05) is 43.6 Å². The molecule has 3 heteroatoms. The van der Waals surface area contributed by atoms with Crippen LogP contribution in [0.2, 0.25) is 0 Å². The molecule has 2 aromatic rings. The van der Waals surface area contributed by atoms with E-state index in [1.807, 2.05) is 18.3 Å². The molecule has 0 spiro atoms. The average molecular weight is 269 g/mol. The summed E-state index contributed by atoms with van der Waals surface area (Å²) in [6.45, 7) is 3.06. The van der Waals surface area contributed by atoms with Gasteiger partial charge >= 0.3 is 0 Å². The van der Waals surface area contributed by atoms with Crippen LogP contribution in [0, 0.1) is 0 Å². The Balaban J connectivity index is 1.94. The van der Waals surface area contributed by atoms with Crippen LogP contribution in [-0.4, -0.2) is 18.6 Å². The number of rotatable bonds is 6. The van der Waals surface area contributed by atoms with Gasteiger partial charge in [0.05, 0.1) is 0 Å². The molecule has 1 atom stereocenters. The van der Waals surface area contributed by atoms with E-state index in [0.29, 0.717) is 0 Å². The van der Waals surface area contributed by atoms with Crippen LogP contribution in [0.4, 0.5) is 5.69 Å². The lowest BCUT2D eigenvalue weighted by Gasteiger charge is -2.20. The largest absolute Gasteiger partial charge is 0.374 e. The number of hydrogen-bond donors (Lipinski definition) is 1. The molecular formula is C17H23N3. The fourth-order valence-corrected chi connectivity index (χ4v) is 2.17. The average Bonchev–Trinajstić information content (AvgIpc) is 2.53. The van der Waals surface area contributed by atoms with Crippen LogP contribution in [0.3, 0.4) is 0 Å². The highest BCUT2D eigenvalue weighted by molar-refractivity contribution is 5.47. The van der Waals surface area contributed by atoms with Crippen molar-refractivity contribution in [1.29, 1.82) is 0 Å². The molecule has 106 valence electrons. The second-order valence-corrected chi connectivity index (χ2v) is 5.10. The zero-order valence-electron chi connectivity index (χ0n) is 12.3. The number of hydrogen-bond acceptors (Lipinski definition) is 3. The van der Waals surface area contributed by atoms with Gasteiger partial charge in [0.15, 0.2) is 0 Å². The molecule has 3 nitrogen and oxygen atoms in total. The van der Waals surface area contributed by atoms with Crippen molar-refractivity contribution in [3.05, 3.63) is 59.9 Å². The summed E-state index contributed by atoms with van der Waals surface area (Å²) < 4.78 is 0. The van der Waals surface area contributed by atoms with Gasteiger partial charge in [0.2, 0.25) is 0 Å². The van der Waals surface area contributed by atoms with Gasteiger partial charge in [0.25, 0.3) is 0 Å². The van der Waals surface area contributed by atoms with Crippen LogP contribution < -0.4 is 10.6 Å². The van der Waals surface area contributed by atoms with Crippen molar-refractivity contribution in [3.8, 4) is 0 Å². The van der Waals surface area contributed by atoms with Crippen molar-refractivity contribution in [1.82, 2.24) is 4.98 Å². The molecule has 0 saturated heterocycles. The Hall–Kier alpha value is -1.87.